The summed E-state index contributed by atoms with van der Waals surface area (Å²) >= 11 is 0. The third-order valence-electron chi connectivity index (χ3n) is 4.24. The van der Waals surface area contributed by atoms with Gasteiger partial charge in [0.1, 0.15) is 0 Å². The van der Waals surface area contributed by atoms with E-state index in [9.17, 15) is 0 Å². The fraction of sp³-hybridized carbons (Fsp3) is 0.647. The van der Waals surface area contributed by atoms with Crippen LogP contribution in [0.1, 0.15) is 33.1 Å². The molecule has 1 atom stereocenters. The van der Waals surface area contributed by atoms with Crippen molar-refractivity contribution in [3.05, 3.63) is 24.3 Å². The summed E-state index contributed by atoms with van der Waals surface area (Å²) in [6.07, 6.45) is 3.80. The summed E-state index contributed by atoms with van der Waals surface area (Å²) < 4.78 is 0. The Bertz CT molecular complexity index is 414. The molecule has 1 N–H and O–H groups in total. The van der Waals surface area contributed by atoms with E-state index in [2.05, 4.69) is 67.3 Å². The first-order chi connectivity index (χ1) is 9.58. The number of hydrogen-bond acceptors (Lipinski definition) is 3. The van der Waals surface area contributed by atoms with Crippen molar-refractivity contribution in [1.82, 2.24) is 4.90 Å². The number of likely N-dealkylation sites (tertiary alicyclic amines) is 1. The monoisotopic (exact) mass is 275 g/mol. The lowest BCUT2D eigenvalue weighted by molar-refractivity contribution is 0.230. The summed E-state index contributed by atoms with van der Waals surface area (Å²) in [7, 11) is 4.21. The molecule has 112 valence electrons. The van der Waals surface area contributed by atoms with Crippen molar-refractivity contribution in [3.63, 3.8) is 0 Å². The zero-order valence-corrected chi connectivity index (χ0v) is 13.4. The first kappa shape index (κ1) is 15.2. The smallest absolute Gasteiger partial charge is 0.0596 e. The van der Waals surface area contributed by atoms with Crippen LogP contribution >= 0.6 is 0 Å². The molecule has 0 bridgehead atoms. The molecule has 3 heteroatoms. The molecule has 0 aliphatic carbocycles. The van der Waals surface area contributed by atoms with E-state index < -0.39 is 0 Å². The van der Waals surface area contributed by atoms with Crippen LogP contribution < -0.4 is 10.2 Å². The zero-order valence-electron chi connectivity index (χ0n) is 13.4. The van der Waals surface area contributed by atoms with Crippen molar-refractivity contribution in [2.75, 3.05) is 37.4 Å². The Hall–Kier alpha value is -1.22. The topological polar surface area (TPSA) is 18.5 Å². The zero-order chi connectivity index (χ0) is 14.5. The first-order valence-electron chi connectivity index (χ1n) is 7.85. The van der Waals surface area contributed by atoms with Crippen LogP contribution in [0, 0.1) is 0 Å². The van der Waals surface area contributed by atoms with Crippen LogP contribution in [0.3, 0.4) is 0 Å². The third-order valence-corrected chi connectivity index (χ3v) is 4.24. The van der Waals surface area contributed by atoms with Crippen LogP contribution in [-0.2, 0) is 0 Å². The van der Waals surface area contributed by atoms with Gasteiger partial charge in [0.25, 0.3) is 0 Å². The molecule has 0 aromatic heterocycles. The minimum absolute atomic E-state index is 0.597. The Kier molecular flexibility index (Phi) is 5.30. The Balaban J connectivity index is 2.00. The number of para-hydroxylation sites is 2. The van der Waals surface area contributed by atoms with E-state index in [-0.39, 0.29) is 0 Å². The highest BCUT2D eigenvalue weighted by Gasteiger charge is 2.19. The van der Waals surface area contributed by atoms with Gasteiger partial charge in [-0.05, 0) is 51.8 Å². The number of nitrogens with one attached hydrogen (secondary N) is 1. The highest BCUT2D eigenvalue weighted by atomic mass is 15.2. The van der Waals surface area contributed by atoms with Crippen LogP contribution in [0.5, 0.6) is 0 Å². The van der Waals surface area contributed by atoms with Crippen molar-refractivity contribution in [1.29, 1.82) is 0 Å². The summed E-state index contributed by atoms with van der Waals surface area (Å²) in [4.78, 5) is 4.78. The number of anilines is 2. The molecule has 1 fully saturated rings. The maximum atomic E-state index is 3.76. The van der Waals surface area contributed by atoms with Crippen LogP contribution in [0.4, 0.5) is 11.4 Å². The molecule has 0 spiro atoms. The molecular formula is C17H29N3. The van der Waals surface area contributed by atoms with Crippen LogP contribution in [-0.4, -0.2) is 44.2 Å². The van der Waals surface area contributed by atoms with Gasteiger partial charge in [-0.3, -0.25) is 0 Å². The highest BCUT2D eigenvalue weighted by Crippen LogP contribution is 2.26. The van der Waals surface area contributed by atoms with Gasteiger partial charge in [-0.1, -0.05) is 12.1 Å². The van der Waals surface area contributed by atoms with E-state index in [0.29, 0.717) is 12.1 Å². The lowest BCUT2D eigenvalue weighted by Crippen LogP contribution is -2.32. The van der Waals surface area contributed by atoms with Crippen molar-refractivity contribution in [2.45, 2.75) is 45.2 Å². The third kappa shape index (κ3) is 3.89. The Morgan fingerprint density at radius 2 is 1.90 bits per heavy atom. The lowest BCUT2D eigenvalue weighted by Gasteiger charge is -2.25. The fourth-order valence-electron chi connectivity index (χ4n) is 2.98. The Morgan fingerprint density at radius 3 is 2.60 bits per heavy atom. The van der Waals surface area contributed by atoms with Gasteiger partial charge in [0.2, 0.25) is 0 Å². The minimum atomic E-state index is 0.597. The molecule has 3 nitrogen and oxygen atoms in total. The maximum Gasteiger partial charge on any atom is 0.0596 e. The average molecular weight is 275 g/mol. The van der Waals surface area contributed by atoms with E-state index in [1.54, 1.807) is 0 Å². The second kappa shape index (κ2) is 6.98. The molecule has 1 aromatic carbocycles. The lowest BCUT2D eigenvalue weighted by atomic mass is 10.1. The molecule has 1 aliphatic rings. The SMILES string of the molecule is CC(C)N1CCCC(Nc2ccccc2N(C)C)CC1. The molecule has 1 heterocycles. The summed E-state index contributed by atoms with van der Waals surface area (Å²) in [5.74, 6) is 0. The Labute approximate surface area is 124 Å². The van der Waals surface area contributed by atoms with Crippen molar-refractivity contribution >= 4 is 11.4 Å². The Morgan fingerprint density at radius 1 is 1.15 bits per heavy atom. The molecule has 1 saturated heterocycles. The van der Waals surface area contributed by atoms with Crippen LogP contribution in [0.25, 0.3) is 0 Å². The molecule has 20 heavy (non-hydrogen) atoms. The highest BCUT2D eigenvalue weighted by molar-refractivity contribution is 5.69. The van der Waals surface area contributed by atoms with Gasteiger partial charge in [-0.2, -0.15) is 0 Å². The molecular weight excluding hydrogens is 246 g/mol. The van der Waals surface area contributed by atoms with Crippen molar-refractivity contribution in [2.24, 2.45) is 0 Å². The van der Waals surface area contributed by atoms with Gasteiger partial charge in [-0.25, -0.2) is 0 Å². The summed E-state index contributed by atoms with van der Waals surface area (Å²) in [5.41, 5.74) is 2.54. The minimum Gasteiger partial charge on any atom is -0.381 e. The predicted octanol–water partition coefficient (Wildman–Crippen LogP) is 3.43. The molecule has 1 aliphatic heterocycles. The molecule has 0 saturated carbocycles. The fourth-order valence-corrected chi connectivity index (χ4v) is 2.98. The van der Waals surface area contributed by atoms with Crippen molar-refractivity contribution in [3.8, 4) is 0 Å². The van der Waals surface area contributed by atoms with E-state index in [0.717, 1.165) is 0 Å². The summed E-state index contributed by atoms with van der Waals surface area (Å²) in [6.45, 7) is 7.05. The number of benzene rings is 1. The average Bonchev–Trinajstić information content (AvgIpc) is 2.65. The quantitative estimate of drug-likeness (QED) is 0.908. The van der Waals surface area contributed by atoms with E-state index >= 15 is 0 Å². The predicted molar refractivity (Wildman–Crippen MR) is 88.7 cm³/mol. The normalized spacial score (nSPS) is 20.8. The molecule has 1 aromatic rings. The van der Waals surface area contributed by atoms with E-state index in [1.807, 2.05) is 0 Å². The number of rotatable bonds is 4. The van der Waals surface area contributed by atoms with Gasteiger partial charge in [0.15, 0.2) is 0 Å². The largest absolute Gasteiger partial charge is 0.381 e. The van der Waals surface area contributed by atoms with Gasteiger partial charge < -0.3 is 15.1 Å². The van der Waals surface area contributed by atoms with Gasteiger partial charge in [0, 0.05) is 32.7 Å². The molecule has 1 unspecified atom stereocenters. The second-order valence-electron chi connectivity index (χ2n) is 6.31. The van der Waals surface area contributed by atoms with E-state index in [1.165, 1.54) is 43.7 Å². The second-order valence-corrected chi connectivity index (χ2v) is 6.31. The number of nitrogens with zero attached hydrogens (tertiary/aromatic N) is 2. The van der Waals surface area contributed by atoms with Crippen LogP contribution in [0.15, 0.2) is 24.3 Å². The first-order valence-corrected chi connectivity index (χ1v) is 7.85. The standard InChI is InChI=1S/C17H29N3/c1-14(2)20-12-7-8-15(11-13-20)18-16-9-5-6-10-17(16)19(3)4/h5-6,9-10,14-15,18H,7-8,11-13H2,1-4H3. The van der Waals surface area contributed by atoms with E-state index in [4.69, 9.17) is 0 Å². The molecule has 0 radical (unpaired) electrons. The van der Waals surface area contributed by atoms with Gasteiger partial charge >= 0.3 is 0 Å². The maximum absolute atomic E-state index is 3.76. The molecule has 2 rings (SSSR count). The van der Waals surface area contributed by atoms with Gasteiger partial charge in [-0.15, -0.1) is 0 Å². The van der Waals surface area contributed by atoms with Gasteiger partial charge in [0.05, 0.1) is 11.4 Å². The van der Waals surface area contributed by atoms with Crippen molar-refractivity contribution < 1.29 is 0 Å². The molecule has 0 amide bonds. The summed E-state index contributed by atoms with van der Waals surface area (Å²) in [6, 6.07) is 9.86. The summed E-state index contributed by atoms with van der Waals surface area (Å²) in [5, 5.41) is 3.76. The van der Waals surface area contributed by atoms with Crippen LogP contribution in [0.2, 0.25) is 0 Å². The number of hydrogen-bond donors (Lipinski definition) is 1.